The number of hydrogen-bond donors (Lipinski definition) is 0. The van der Waals surface area contributed by atoms with Gasteiger partial charge in [0, 0.05) is 27.9 Å². The van der Waals surface area contributed by atoms with E-state index in [4.69, 9.17) is 0 Å². The highest BCUT2D eigenvalue weighted by molar-refractivity contribution is 6.10. The van der Waals surface area contributed by atoms with E-state index >= 15 is 0 Å². The van der Waals surface area contributed by atoms with Crippen LogP contribution in [0.15, 0.2) is 212 Å². The third-order valence-corrected chi connectivity index (χ3v) is 14.2. The Hall–Kier alpha value is -7.48. The highest BCUT2D eigenvalue weighted by Gasteiger charge is 2.49. The molecule has 3 aliphatic rings. The second-order valence-corrected chi connectivity index (χ2v) is 18.5. The summed E-state index contributed by atoms with van der Waals surface area (Å²) >= 11 is 0. The number of fused-ring (bicyclic) bond motifs is 12. The zero-order valence-corrected chi connectivity index (χ0v) is 36.2. The molecule has 0 saturated carbocycles. The average molecular weight is 806 g/mol. The first kappa shape index (κ1) is 37.3. The minimum Gasteiger partial charge on any atom is -0.310 e. The minimum atomic E-state index is -0.0985. The lowest BCUT2D eigenvalue weighted by atomic mass is 9.75. The Morgan fingerprint density at radius 2 is 0.603 bits per heavy atom. The fourth-order valence-corrected chi connectivity index (χ4v) is 11.2. The van der Waals surface area contributed by atoms with Gasteiger partial charge in [-0.1, -0.05) is 198 Å². The van der Waals surface area contributed by atoms with Gasteiger partial charge in [-0.3, -0.25) is 0 Å². The topological polar surface area (TPSA) is 3.24 Å². The van der Waals surface area contributed by atoms with Gasteiger partial charge < -0.3 is 4.90 Å². The quantitative estimate of drug-likeness (QED) is 0.167. The Balaban J connectivity index is 0.980. The van der Waals surface area contributed by atoms with Crippen molar-refractivity contribution in [1.82, 2.24) is 0 Å². The Morgan fingerprint density at radius 3 is 1.14 bits per heavy atom. The van der Waals surface area contributed by atoms with Crippen LogP contribution < -0.4 is 4.90 Å². The molecule has 1 nitrogen and oxygen atoms in total. The first-order valence-electron chi connectivity index (χ1n) is 22.3. The van der Waals surface area contributed by atoms with Crippen molar-refractivity contribution in [1.29, 1.82) is 0 Å². The lowest BCUT2D eigenvalue weighted by molar-refractivity contribution is 0.694. The fourth-order valence-electron chi connectivity index (χ4n) is 11.2. The first-order valence-corrected chi connectivity index (χ1v) is 22.3. The van der Waals surface area contributed by atoms with Crippen molar-refractivity contribution in [3.05, 3.63) is 235 Å². The summed E-state index contributed by atoms with van der Waals surface area (Å²) in [6.07, 6.45) is 0. The van der Waals surface area contributed by atoms with E-state index in [9.17, 15) is 0 Å². The molecule has 0 amide bonds. The molecule has 0 atom stereocenters. The van der Waals surface area contributed by atoms with Crippen molar-refractivity contribution >= 4 is 28.2 Å². The molecule has 9 aromatic carbocycles. The van der Waals surface area contributed by atoms with Crippen LogP contribution in [-0.4, -0.2) is 0 Å². The number of benzene rings is 9. The van der Waals surface area contributed by atoms with Crippen molar-refractivity contribution in [2.24, 2.45) is 0 Å². The van der Waals surface area contributed by atoms with Gasteiger partial charge >= 0.3 is 0 Å². The predicted octanol–water partition coefficient (Wildman–Crippen LogP) is 17.0. The monoisotopic (exact) mass is 805 g/mol. The SMILES string of the molecule is CC1(C)C2=C(c3ccccc31)C(C)(C)c1cc(-c3ccc(N(c4ccc(-c5ccccc5)cc4)c4ccc5c(c4)-c4ccccc4-c4ccccc4-c4ccccc4-5)cc3)ccc12. The highest BCUT2D eigenvalue weighted by Crippen LogP contribution is 2.62. The molecule has 3 aliphatic carbocycles. The Labute approximate surface area is 371 Å². The molecule has 9 aromatic rings. The van der Waals surface area contributed by atoms with E-state index in [1.807, 2.05) is 0 Å². The summed E-state index contributed by atoms with van der Waals surface area (Å²) in [6.45, 7) is 9.63. The molecule has 300 valence electrons. The lowest BCUT2D eigenvalue weighted by Gasteiger charge is -2.29. The van der Waals surface area contributed by atoms with Crippen LogP contribution in [0.3, 0.4) is 0 Å². The van der Waals surface area contributed by atoms with Crippen LogP contribution in [0.5, 0.6) is 0 Å². The molecule has 0 saturated heterocycles. The van der Waals surface area contributed by atoms with Crippen molar-refractivity contribution < 1.29 is 0 Å². The Kier molecular flexibility index (Phi) is 8.30. The van der Waals surface area contributed by atoms with E-state index in [0.29, 0.717) is 0 Å². The van der Waals surface area contributed by atoms with Gasteiger partial charge in [0.2, 0.25) is 0 Å². The second kappa shape index (κ2) is 14.0. The molecule has 0 aromatic heterocycles. The van der Waals surface area contributed by atoms with Gasteiger partial charge in [0.25, 0.3) is 0 Å². The van der Waals surface area contributed by atoms with E-state index in [-0.39, 0.29) is 10.8 Å². The first-order chi connectivity index (χ1) is 30.8. The number of rotatable bonds is 5. The smallest absolute Gasteiger partial charge is 0.0468 e. The highest BCUT2D eigenvalue weighted by atomic mass is 15.1. The van der Waals surface area contributed by atoms with E-state index < -0.39 is 0 Å². The van der Waals surface area contributed by atoms with Crippen LogP contribution in [0.1, 0.15) is 49.9 Å². The average Bonchev–Trinajstić information content (AvgIpc) is 3.73. The molecule has 63 heavy (non-hydrogen) atoms. The van der Waals surface area contributed by atoms with Gasteiger partial charge in [-0.2, -0.15) is 0 Å². The maximum absolute atomic E-state index is 2.46. The maximum atomic E-state index is 2.46. The van der Waals surface area contributed by atoms with Gasteiger partial charge in [0.15, 0.2) is 0 Å². The summed E-state index contributed by atoms with van der Waals surface area (Å²) in [5.74, 6) is 0. The number of hydrogen-bond acceptors (Lipinski definition) is 1. The van der Waals surface area contributed by atoms with Crippen molar-refractivity contribution in [3.63, 3.8) is 0 Å². The van der Waals surface area contributed by atoms with Crippen molar-refractivity contribution in [2.75, 3.05) is 4.90 Å². The molecule has 0 unspecified atom stereocenters. The zero-order chi connectivity index (χ0) is 42.5. The largest absolute Gasteiger partial charge is 0.310 e. The number of allylic oxidation sites excluding steroid dienone is 2. The van der Waals surface area contributed by atoms with E-state index in [0.717, 1.165) is 17.1 Å². The van der Waals surface area contributed by atoms with Gasteiger partial charge in [-0.05, 0) is 143 Å². The molecule has 1 heteroatoms. The minimum absolute atomic E-state index is 0.0364. The van der Waals surface area contributed by atoms with Crippen LogP contribution >= 0.6 is 0 Å². The van der Waals surface area contributed by atoms with Crippen LogP contribution in [0.25, 0.3) is 77.9 Å². The molecule has 0 fully saturated rings. The molecular formula is C62H47N. The third kappa shape index (κ3) is 5.69. The van der Waals surface area contributed by atoms with Gasteiger partial charge in [-0.15, -0.1) is 0 Å². The second-order valence-electron chi connectivity index (χ2n) is 18.5. The van der Waals surface area contributed by atoms with E-state index in [1.165, 1.54) is 100 Å². The standard InChI is InChI=1S/C62H47N/c1-61(2)57-25-15-14-24-54(57)59-60(61)55-36-30-43(38-58(55)62(59,3)4)42-28-33-45(34-29-42)63(44-31-26-41(27-32-44)40-16-6-5-7-17-40)46-35-37-53-51-22-11-10-20-49(51)47-18-8-9-19-48(47)50-21-12-13-23-52(50)56(53)39-46/h5-39H,1-4H3. The number of nitrogens with zero attached hydrogens (tertiary/aromatic N) is 1. The van der Waals surface area contributed by atoms with E-state index in [1.54, 1.807) is 0 Å². The molecule has 0 radical (unpaired) electrons. The Morgan fingerprint density at radius 1 is 0.254 bits per heavy atom. The van der Waals surface area contributed by atoms with Crippen molar-refractivity contribution in [2.45, 2.75) is 38.5 Å². The van der Waals surface area contributed by atoms with Crippen LogP contribution in [0, 0.1) is 0 Å². The summed E-state index contributed by atoms with van der Waals surface area (Å²) in [5.41, 5.74) is 26.7. The fraction of sp³-hybridized carbons (Fsp3) is 0.0968. The van der Waals surface area contributed by atoms with Gasteiger partial charge in [0.1, 0.15) is 0 Å². The Bertz CT molecular complexity index is 3300. The summed E-state index contributed by atoms with van der Waals surface area (Å²) in [4.78, 5) is 2.42. The van der Waals surface area contributed by atoms with Gasteiger partial charge in [-0.25, -0.2) is 0 Å². The zero-order valence-electron chi connectivity index (χ0n) is 36.2. The summed E-state index contributed by atoms with van der Waals surface area (Å²) in [7, 11) is 0. The molecule has 0 spiro atoms. The molecule has 0 N–H and O–H groups in total. The summed E-state index contributed by atoms with van der Waals surface area (Å²) in [5, 5.41) is 0. The van der Waals surface area contributed by atoms with Crippen molar-refractivity contribution in [3.8, 4) is 66.8 Å². The van der Waals surface area contributed by atoms with Crippen LogP contribution in [-0.2, 0) is 10.8 Å². The molecule has 0 aliphatic heterocycles. The van der Waals surface area contributed by atoms with Crippen LogP contribution in [0.2, 0.25) is 0 Å². The summed E-state index contributed by atoms with van der Waals surface area (Å²) < 4.78 is 0. The summed E-state index contributed by atoms with van der Waals surface area (Å²) in [6, 6.07) is 78.8. The lowest BCUT2D eigenvalue weighted by Crippen LogP contribution is -2.19. The normalized spacial score (nSPS) is 14.5. The van der Waals surface area contributed by atoms with Gasteiger partial charge in [0.05, 0.1) is 0 Å². The maximum Gasteiger partial charge on any atom is 0.0468 e. The molecule has 0 bridgehead atoms. The number of anilines is 3. The molecule has 0 heterocycles. The predicted molar refractivity (Wildman–Crippen MR) is 267 cm³/mol. The molecule has 12 rings (SSSR count). The molecular weight excluding hydrogens is 759 g/mol. The third-order valence-electron chi connectivity index (χ3n) is 14.2. The van der Waals surface area contributed by atoms with E-state index in [2.05, 4.69) is 245 Å². The van der Waals surface area contributed by atoms with Crippen LogP contribution in [0.4, 0.5) is 17.1 Å².